The van der Waals surface area contributed by atoms with E-state index in [1.54, 1.807) is 48.5 Å². The fourth-order valence-corrected chi connectivity index (χ4v) is 3.11. The molecule has 3 aromatic carbocycles. The zero-order valence-electron chi connectivity index (χ0n) is 16.2. The minimum atomic E-state index is -0.472. The molecule has 0 heterocycles. The summed E-state index contributed by atoms with van der Waals surface area (Å²) >= 11 is 1.26. The fraction of sp³-hybridized carbons (Fsp3) is 0.0909. The molecule has 9 heteroatoms. The molecule has 0 aliphatic carbocycles. The molecule has 0 unspecified atom stereocenters. The van der Waals surface area contributed by atoms with Crippen LogP contribution >= 0.6 is 11.8 Å². The molecule has 0 aliphatic rings. The molecule has 7 nitrogen and oxygen atoms in total. The van der Waals surface area contributed by atoms with Crippen molar-refractivity contribution in [2.45, 2.75) is 11.5 Å². The molecule has 0 atom stereocenters. The van der Waals surface area contributed by atoms with E-state index < -0.39 is 4.92 Å². The highest BCUT2D eigenvalue weighted by atomic mass is 32.2. The van der Waals surface area contributed by atoms with E-state index >= 15 is 0 Å². The van der Waals surface area contributed by atoms with E-state index in [1.807, 2.05) is 0 Å². The third-order valence-electron chi connectivity index (χ3n) is 4.02. The summed E-state index contributed by atoms with van der Waals surface area (Å²) in [5.74, 6) is 0.207. The van der Waals surface area contributed by atoms with Crippen LogP contribution in [0.3, 0.4) is 0 Å². The van der Waals surface area contributed by atoms with Gasteiger partial charge in [-0.05, 0) is 59.7 Å². The van der Waals surface area contributed by atoms with Crippen molar-refractivity contribution in [2.75, 3.05) is 5.75 Å². The van der Waals surface area contributed by atoms with E-state index in [2.05, 4.69) is 10.5 Å². The first-order valence-corrected chi connectivity index (χ1v) is 10.1. The summed E-state index contributed by atoms with van der Waals surface area (Å²) in [5, 5.41) is 14.6. The van der Waals surface area contributed by atoms with Gasteiger partial charge in [-0.2, -0.15) is 5.10 Å². The molecular weight excluding hydrogens is 421 g/mol. The Kier molecular flexibility index (Phi) is 7.72. The van der Waals surface area contributed by atoms with E-state index in [-0.39, 0.29) is 23.2 Å². The summed E-state index contributed by atoms with van der Waals surface area (Å²) in [5.41, 5.74) is 4.08. The van der Waals surface area contributed by atoms with Crippen molar-refractivity contribution in [1.82, 2.24) is 5.43 Å². The first-order chi connectivity index (χ1) is 15.0. The van der Waals surface area contributed by atoms with E-state index in [4.69, 9.17) is 4.74 Å². The number of ether oxygens (including phenoxy) is 1. The van der Waals surface area contributed by atoms with Gasteiger partial charge >= 0.3 is 0 Å². The van der Waals surface area contributed by atoms with Crippen LogP contribution in [0, 0.1) is 15.9 Å². The average molecular weight is 439 g/mol. The average Bonchev–Trinajstić information content (AvgIpc) is 2.78. The number of carbonyl (C=O) groups excluding carboxylic acids is 1. The maximum Gasteiger partial charge on any atom is 0.269 e. The smallest absolute Gasteiger partial charge is 0.269 e. The zero-order chi connectivity index (χ0) is 22.1. The van der Waals surface area contributed by atoms with Gasteiger partial charge in [-0.25, -0.2) is 9.82 Å². The molecule has 0 radical (unpaired) electrons. The molecule has 1 N–H and O–H groups in total. The Morgan fingerprint density at radius 3 is 2.39 bits per heavy atom. The Labute approximate surface area is 182 Å². The molecule has 1 amide bonds. The Morgan fingerprint density at radius 2 is 1.74 bits per heavy atom. The predicted molar refractivity (Wildman–Crippen MR) is 117 cm³/mol. The van der Waals surface area contributed by atoms with Crippen molar-refractivity contribution in [1.29, 1.82) is 0 Å². The lowest BCUT2D eigenvalue weighted by Crippen LogP contribution is -2.19. The number of thioether (sulfide) groups is 1. The van der Waals surface area contributed by atoms with Gasteiger partial charge < -0.3 is 4.74 Å². The van der Waals surface area contributed by atoms with Gasteiger partial charge in [-0.1, -0.05) is 12.1 Å². The second kappa shape index (κ2) is 10.9. The number of nitrogens with one attached hydrogen (secondary N) is 1. The fourth-order valence-electron chi connectivity index (χ4n) is 2.42. The summed E-state index contributed by atoms with van der Waals surface area (Å²) in [4.78, 5) is 22.8. The normalized spacial score (nSPS) is 10.7. The van der Waals surface area contributed by atoms with Crippen LogP contribution in [-0.4, -0.2) is 22.8 Å². The highest BCUT2D eigenvalue weighted by molar-refractivity contribution is 8.00. The van der Waals surface area contributed by atoms with Crippen LogP contribution in [0.25, 0.3) is 0 Å². The van der Waals surface area contributed by atoms with Gasteiger partial charge in [0.15, 0.2) is 0 Å². The topological polar surface area (TPSA) is 93.8 Å². The second-order valence-corrected chi connectivity index (χ2v) is 7.37. The molecule has 0 saturated heterocycles. The van der Waals surface area contributed by atoms with Crippen LogP contribution in [0.5, 0.6) is 5.75 Å². The van der Waals surface area contributed by atoms with Crippen molar-refractivity contribution in [3.05, 3.63) is 99.9 Å². The Bertz CT molecular complexity index is 1060. The van der Waals surface area contributed by atoms with Gasteiger partial charge in [-0.15, -0.1) is 11.8 Å². The van der Waals surface area contributed by atoms with Gasteiger partial charge in [0.05, 0.1) is 16.9 Å². The van der Waals surface area contributed by atoms with E-state index in [0.717, 1.165) is 16.0 Å². The maximum absolute atomic E-state index is 12.9. The molecule has 0 spiro atoms. The molecule has 3 rings (SSSR count). The number of nitro groups is 1. The highest BCUT2D eigenvalue weighted by Crippen LogP contribution is 2.21. The van der Waals surface area contributed by atoms with E-state index in [1.165, 1.54) is 42.2 Å². The molecule has 31 heavy (non-hydrogen) atoms. The van der Waals surface area contributed by atoms with Gasteiger partial charge in [0.2, 0.25) is 5.91 Å². The third kappa shape index (κ3) is 7.23. The Morgan fingerprint density at radius 1 is 1.06 bits per heavy atom. The lowest BCUT2D eigenvalue weighted by molar-refractivity contribution is -0.384. The number of carbonyl (C=O) groups is 1. The molecule has 0 fully saturated rings. The summed E-state index contributed by atoms with van der Waals surface area (Å²) in [6.45, 7) is 0.330. The summed E-state index contributed by atoms with van der Waals surface area (Å²) < 4.78 is 18.6. The number of nitro benzene ring substituents is 1. The third-order valence-corrected chi connectivity index (χ3v) is 5.03. The number of hydrazone groups is 1. The summed E-state index contributed by atoms with van der Waals surface area (Å²) in [6, 6.07) is 19.2. The molecule has 0 saturated carbocycles. The Hall–Kier alpha value is -3.72. The summed E-state index contributed by atoms with van der Waals surface area (Å²) in [7, 11) is 0. The summed E-state index contributed by atoms with van der Waals surface area (Å²) in [6.07, 6.45) is 1.51. The number of hydrogen-bond donors (Lipinski definition) is 1. The van der Waals surface area contributed by atoms with Crippen molar-refractivity contribution >= 4 is 29.6 Å². The quantitative estimate of drug-likeness (QED) is 0.228. The molecule has 0 aliphatic heterocycles. The standard InChI is InChI=1S/C22H18FN3O4S/c23-18-5-1-17(2-6-18)14-30-20-9-3-16(4-10-20)13-24-25-22(27)15-31-21-11-7-19(8-12-21)26(28)29/h1-13H,14-15H2,(H,25,27)/b24-13-. The minimum Gasteiger partial charge on any atom is -0.489 e. The van der Waals surface area contributed by atoms with Crippen LogP contribution in [0.2, 0.25) is 0 Å². The van der Waals surface area contributed by atoms with Gasteiger partial charge in [-0.3, -0.25) is 14.9 Å². The SMILES string of the molecule is O=C(CSc1ccc([N+](=O)[O-])cc1)N/N=C\c1ccc(OCc2ccc(F)cc2)cc1. The van der Waals surface area contributed by atoms with Crippen molar-refractivity contribution < 1.29 is 18.8 Å². The monoisotopic (exact) mass is 439 g/mol. The van der Waals surface area contributed by atoms with Gasteiger partial charge in [0, 0.05) is 17.0 Å². The number of non-ortho nitro benzene ring substituents is 1. The van der Waals surface area contributed by atoms with Crippen LogP contribution < -0.4 is 10.2 Å². The minimum absolute atomic E-state index is 0.00488. The van der Waals surface area contributed by atoms with Crippen molar-refractivity contribution in [2.24, 2.45) is 5.10 Å². The second-order valence-electron chi connectivity index (χ2n) is 6.32. The lowest BCUT2D eigenvalue weighted by Gasteiger charge is -2.06. The van der Waals surface area contributed by atoms with E-state index in [9.17, 15) is 19.3 Å². The van der Waals surface area contributed by atoms with Crippen LogP contribution in [0.1, 0.15) is 11.1 Å². The number of halogens is 1. The molecular formula is C22H18FN3O4S. The number of benzene rings is 3. The first kappa shape index (κ1) is 22.0. The zero-order valence-corrected chi connectivity index (χ0v) is 17.0. The lowest BCUT2D eigenvalue weighted by atomic mass is 10.2. The van der Waals surface area contributed by atoms with Gasteiger partial charge in [0.25, 0.3) is 5.69 Å². The molecule has 158 valence electrons. The van der Waals surface area contributed by atoms with Crippen LogP contribution in [-0.2, 0) is 11.4 Å². The molecule has 0 bridgehead atoms. The Balaban J connectivity index is 1.41. The van der Waals surface area contributed by atoms with Gasteiger partial charge in [0.1, 0.15) is 18.2 Å². The number of hydrogen-bond acceptors (Lipinski definition) is 6. The van der Waals surface area contributed by atoms with Crippen LogP contribution in [0.15, 0.2) is 82.8 Å². The number of nitrogens with zero attached hydrogens (tertiary/aromatic N) is 2. The predicted octanol–water partition coefficient (Wildman–Crippen LogP) is 4.56. The van der Waals surface area contributed by atoms with Crippen molar-refractivity contribution in [3.8, 4) is 5.75 Å². The number of amides is 1. The van der Waals surface area contributed by atoms with E-state index in [0.29, 0.717) is 12.4 Å². The number of rotatable bonds is 9. The van der Waals surface area contributed by atoms with Crippen molar-refractivity contribution in [3.63, 3.8) is 0 Å². The van der Waals surface area contributed by atoms with Crippen LogP contribution in [0.4, 0.5) is 10.1 Å². The highest BCUT2D eigenvalue weighted by Gasteiger charge is 2.06. The molecule has 3 aromatic rings. The first-order valence-electron chi connectivity index (χ1n) is 9.16. The molecule has 0 aromatic heterocycles. The maximum atomic E-state index is 12.9. The largest absolute Gasteiger partial charge is 0.489 e.